The summed E-state index contributed by atoms with van der Waals surface area (Å²) >= 11 is 0. The van der Waals surface area contributed by atoms with Crippen LogP contribution in [0.3, 0.4) is 0 Å². The van der Waals surface area contributed by atoms with E-state index in [-0.39, 0.29) is 11.8 Å². The number of aromatic nitrogens is 2. The Bertz CT molecular complexity index is 1090. The lowest BCUT2D eigenvalue weighted by Gasteiger charge is -2.22. The van der Waals surface area contributed by atoms with Gasteiger partial charge in [-0.2, -0.15) is 18.2 Å². The maximum absolute atomic E-state index is 13.6. The average Bonchev–Trinajstić information content (AvgIpc) is 2.71. The minimum absolute atomic E-state index is 0.0217. The summed E-state index contributed by atoms with van der Waals surface area (Å²) in [4.78, 5) is 7.94. The van der Waals surface area contributed by atoms with Crippen molar-refractivity contribution in [1.29, 1.82) is 0 Å². The second-order valence-electron chi connectivity index (χ2n) is 9.18. The third kappa shape index (κ3) is 7.54. The lowest BCUT2D eigenvalue weighted by Crippen LogP contribution is -2.22. The molecule has 0 saturated carbocycles. The van der Waals surface area contributed by atoms with Gasteiger partial charge in [0.1, 0.15) is 28.5 Å². The van der Waals surface area contributed by atoms with E-state index in [9.17, 15) is 13.2 Å². The van der Waals surface area contributed by atoms with Crippen molar-refractivity contribution in [2.24, 2.45) is 5.92 Å². The first-order valence-corrected chi connectivity index (χ1v) is 10.9. The van der Waals surface area contributed by atoms with Crippen LogP contribution in [0.4, 0.5) is 36.3 Å². The first-order valence-electron chi connectivity index (χ1n) is 10.9. The summed E-state index contributed by atoms with van der Waals surface area (Å²) in [7, 11) is 0. The van der Waals surface area contributed by atoms with Gasteiger partial charge >= 0.3 is 6.18 Å². The molecule has 0 amide bonds. The van der Waals surface area contributed by atoms with E-state index in [4.69, 9.17) is 9.47 Å². The minimum atomic E-state index is -4.63. The Morgan fingerprint density at radius 3 is 2.24 bits per heavy atom. The van der Waals surface area contributed by atoms with Crippen molar-refractivity contribution >= 4 is 23.1 Å². The Kier molecular flexibility index (Phi) is 7.54. The third-order valence-corrected chi connectivity index (χ3v) is 4.31. The number of rotatable bonds is 8. The summed E-state index contributed by atoms with van der Waals surface area (Å²) < 4.78 is 52.3. The first-order chi connectivity index (χ1) is 15.9. The number of anilines is 4. The zero-order valence-corrected chi connectivity index (χ0v) is 19.8. The van der Waals surface area contributed by atoms with E-state index in [2.05, 4.69) is 34.4 Å². The number of ether oxygens (including phenoxy) is 2. The maximum atomic E-state index is 13.6. The second-order valence-corrected chi connectivity index (χ2v) is 9.18. The van der Waals surface area contributed by atoms with Crippen molar-refractivity contribution in [1.82, 2.24) is 9.97 Å². The number of halogens is 3. The lowest BCUT2D eigenvalue weighted by molar-refractivity contribution is -0.137. The Labute approximate surface area is 197 Å². The summed E-state index contributed by atoms with van der Waals surface area (Å²) in [5, 5.41) is 5.69. The van der Waals surface area contributed by atoms with Crippen molar-refractivity contribution in [2.45, 2.75) is 46.4 Å². The van der Waals surface area contributed by atoms with E-state index in [1.165, 1.54) is 0 Å². The average molecular weight is 475 g/mol. The predicted octanol–water partition coefficient (Wildman–Crippen LogP) is 7.19. The normalized spacial score (nSPS) is 11.9. The van der Waals surface area contributed by atoms with Gasteiger partial charge in [0.2, 0.25) is 5.95 Å². The molecule has 1 heterocycles. The topological polar surface area (TPSA) is 68.3 Å². The number of nitrogens with one attached hydrogen (secondary N) is 2. The number of hydrogen-bond acceptors (Lipinski definition) is 6. The zero-order chi connectivity index (χ0) is 24.9. The van der Waals surface area contributed by atoms with Crippen LogP contribution in [0.15, 0.2) is 54.7 Å². The molecule has 0 fully saturated rings. The van der Waals surface area contributed by atoms with Crippen molar-refractivity contribution in [3.63, 3.8) is 0 Å². The van der Waals surface area contributed by atoms with Crippen LogP contribution in [0.1, 0.15) is 40.2 Å². The van der Waals surface area contributed by atoms with E-state index >= 15 is 0 Å². The third-order valence-electron chi connectivity index (χ3n) is 4.31. The zero-order valence-electron chi connectivity index (χ0n) is 19.8. The van der Waals surface area contributed by atoms with Gasteiger partial charge < -0.3 is 20.1 Å². The molecule has 3 aromatic rings. The summed E-state index contributed by atoms with van der Waals surface area (Å²) in [6.07, 6.45) is -3.87. The molecule has 34 heavy (non-hydrogen) atoms. The van der Waals surface area contributed by atoms with Crippen LogP contribution in [0.5, 0.6) is 11.5 Å². The maximum Gasteiger partial charge on any atom is 0.421 e. The Morgan fingerprint density at radius 1 is 0.912 bits per heavy atom. The highest BCUT2D eigenvalue weighted by Crippen LogP contribution is 2.36. The fraction of sp³-hybridized carbons (Fsp3) is 0.360. The molecule has 0 radical (unpaired) electrons. The molecule has 0 spiro atoms. The van der Waals surface area contributed by atoms with Gasteiger partial charge in [0.05, 0.1) is 6.61 Å². The second kappa shape index (κ2) is 10.2. The van der Waals surface area contributed by atoms with Crippen molar-refractivity contribution in [2.75, 3.05) is 17.2 Å². The quantitative estimate of drug-likeness (QED) is 0.360. The van der Waals surface area contributed by atoms with Crippen molar-refractivity contribution < 1.29 is 22.6 Å². The van der Waals surface area contributed by atoms with Crippen LogP contribution in [0, 0.1) is 5.92 Å². The largest absolute Gasteiger partial charge is 0.493 e. The number of benzene rings is 2. The molecule has 1 aromatic heterocycles. The Balaban J connectivity index is 1.82. The summed E-state index contributed by atoms with van der Waals surface area (Å²) in [5.41, 5.74) is -0.402. The monoisotopic (exact) mass is 474 g/mol. The van der Waals surface area contributed by atoms with Gasteiger partial charge in [-0.15, -0.1) is 0 Å². The molecule has 182 valence electrons. The van der Waals surface area contributed by atoms with Gasteiger partial charge in [0, 0.05) is 23.6 Å². The van der Waals surface area contributed by atoms with Crippen LogP contribution in [-0.2, 0) is 6.18 Å². The van der Waals surface area contributed by atoms with E-state index in [0.717, 1.165) is 6.20 Å². The van der Waals surface area contributed by atoms with Gasteiger partial charge in [0.15, 0.2) is 0 Å². The lowest BCUT2D eigenvalue weighted by atomic mass is 10.2. The molecule has 0 unspecified atom stereocenters. The van der Waals surface area contributed by atoms with Crippen molar-refractivity contribution in [3.8, 4) is 11.5 Å². The van der Waals surface area contributed by atoms with E-state index < -0.39 is 17.3 Å². The van der Waals surface area contributed by atoms with Crippen LogP contribution in [-0.4, -0.2) is 22.2 Å². The van der Waals surface area contributed by atoms with Gasteiger partial charge in [-0.1, -0.05) is 19.9 Å². The summed E-state index contributed by atoms with van der Waals surface area (Å²) in [6.45, 7) is 10.4. The number of alkyl halides is 3. The van der Waals surface area contributed by atoms with Gasteiger partial charge in [-0.05, 0) is 63.1 Å². The summed E-state index contributed by atoms with van der Waals surface area (Å²) in [5.74, 6) is 1.28. The van der Waals surface area contributed by atoms with Crippen LogP contribution < -0.4 is 20.1 Å². The van der Waals surface area contributed by atoms with Gasteiger partial charge in [0.25, 0.3) is 0 Å². The molecular weight excluding hydrogens is 445 g/mol. The van der Waals surface area contributed by atoms with Crippen LogP contribution >= 0.6 is 0 Å². The molecule has 6 nitrogen and oxygen atoms in total. The molecule has 0 aliphatic heterocycles. The molecule has 3 rings (SSSR count). The highest BCUT2D eigenvalue weighted by molar-refractivity contribution is 5.64. The molecule has 0 aliphatic carbocycles. The fourth-order valence-electron chi connectivity index (χ4n) is 2.90. The van der Waals surface area contributed by atoms with Crippen molar-refractivity contribution in [3.05, 3.63) is 60.3 Å². The Morgan fingerprint density at radius 2 is 1.62 bits per heavy atom. The van der Waals surface area contributed by atoms with Gasteiger partial charge in [-0.25, -0.2) is 4.98 Å². The van der Waals surface area contributed by atoms with Crippen LogP contribution in [0.2, 0.25) is 0 Å². The fourth-order valence-corrected chi connectivity index (χ4v) is 2.90. The molecule has 2 N–H and O–H groups in total. The minimum Gasteiger partial charge on any atom is -0.493 e. The van der Waals surface area contributed by atoms with Crippen LogP contribution in [0.25, 0.3) is 0 Å². The standard InChI is InChI=1S/C25H29F3N4O2/c1-16(2)15-33-19-11-9-17(10-12-19)31-23-29-14-21(25(26,27)28)22(32-23)30-18-7-6-8-20(13-18)34-24(3,4)5/h6-14,16H,15H2,1-5H3,(H2,29,30,31,32). The Hall–Kier alpha value is -3.49. The van der Waals surface area contributed by atoms with E-state index in [1.807, 2.05) is 20.8 Å². The highest BCUT2D eigenvalue weighted by atomic mass is 19.4. The number of hydrogen-bond donors (Lipinski definition) is 2. The first kappa shape index (κ1) is 25.1. The SMILES string of the molecule is CC(C)COc1ccc(Nc2ncc(C(F)(F)F)c(Nc3cccc(OC(C)(C)C)c3)n2)cc1. The molecular formula is C25H29F3N4O2. The molecule has 9 heteroatoms. The van der Waals surface area contributed by atoms with E-state index in [0.29, 0.717) is 35.4 Å². The predicted molar refractivity (Wildman–Crippen MR) is 127 cm³/mol. The molecule has 0 saturated heterocycles. The molecule has 2 aromatic carbocycles. The molecule has 0 bridgehead atoms. The number of nitrogens with zero attached hydrogens (tertiary/aromatic N) is 2. The molecule has 0 aliphatic rings. The summed E-state index contributed by atoms with van der Waals surface area (Å²) in [6, 6.07) is 13.7. The molecule has 0 atom stereocenters. The highest BCUT2D eigenvalue weighted by Gasteiger charge is 2.35. The van der Waals surface area contributed by atoms with E-state index in [1.54, 1.807) is 48.5 Å². The van der Waals surface area contributed by atoms with Gasteiger partial charge in [-0.3, -0.25) is 0 Å². The smallest absolute Gasteiger partial charge is 0.421 e.